The second-order valence-electron chi connectivity index (χ2n) is 5.03. The molecular formula is C16H20N4O2S. The summed E-state index contributed by atoms with van der Waals surface area (Å²) < 4.78 is 0. The summed E-state index contributed by atoms with van der Waals surface area (Å²) in [5.74, 6) is -0.187. The van der Waals surface area contributed by atoms with E-state index in [0.717, 1.165) is 23.5 Å². The average Bonchev–Trinajstić information content (AvgIpc) is 2.96. The van der Waals surface area contributed by atoms with Crippen molar-refractivity contribution in [2.24, 2.45) is 0 Å². The molecular weight excluding hydrogens is 312 g/mol. The van der Waals surface area contributed by atoms with Gasteiger partial charge in [-0.15, -0.1) is 11.3 Å². The highest BCUT2D eigenvalue weighted by Crippen LogP contribution is 2.11. The van der Waals surface area contributed by atoms with Crippen molar-refractivity contribution in [3.63, 3.8) is 0 Å². The number of carbonyl (C=O) groups is 2. The summed E-state index contributed by atoms with van der Waals surface area (Å²) in [4.78, 5) is 27.8. The third-order valence-electron chi connectivity index (χ3n) is 3.13. The lowest BCUT2D eigenvalue weighted by Gasteiger charge is -2.08. The Kier molecular flexibility index (Phi) is 6.10. The normalized spacial score (nSPS) is 10.2. The Hall–Kier alpha value is -2.41. The molecule has 3 amide bonds. The molecule has 2 rings (SSSR count). The number of nitrogens with one attached hydrogen (secondary N) is 3. The molecule has 0 aliphatic carbocycles. The van der Waals surface area contributed by atoms with E-state index in [-0.39, 0.29) is 11.9 Å². The molecule has 0 aliphatic heterocycles. The van der Waals surface area contributed by atoms with Gasteiger partial charge in [0, 0.05) is 42.3 Å². The minimum absolute atomic E-state index is 0.187. The lowest BCUT2D eigenvalue weighted by molar-refractivity contribution is 0.0963. The zero-order valence-corrected chi connectivity index (χ0v) is 14.0. The maximum atomic E-state index is 11.8. The Morgan fingerprint density at radius 1 is 1.30 bits per heavy atom. The molecule has 122 valence electrons. The second kappa shape index (κ2) is 8.28. The van der Waals surface area contributed by atoms with Crippen molar-refractivity contribution in [2.75, 3.05) is 18.9 Å². The van der Waals surface area contributed by atoms with Gasteiger partial charge in [0.15, 0.2) is 0 Å². The van der Waals surface area contributed by atoms with Crippen LogP contribution in [0.2, 0.25) is 0 Å². The number of hydrogen-bond donors (Lipinski definition) is 3. The lowest BCUT2D eigenvalue weighted by atomic mass is 10.2. The first-order valence-electron chi connectivity index (χ1n) is 7.36. The summed E-state index contributed by atoms with van der Waals surface area (Å²) in [6.45, 7) is 2.54. The summed E-state index contributed by atoms with van der Waals surface area (Å²) in [7, 11) is 1.57. The highest BCUT2D eigenvalue weighted by Gasteiger charge is 2.06. The number of hydrogen-bond acceptors (Lipinski definition) is 4. The summed E-state index contributed by atoms with van der Waals surface area (Å²) in [5.41, 5.74) is 2.12. The van der Waals surface area contributed by atoms with E-state index in [1.807, 2.05) is 12.3 Å². The molecule has 23 heavy (non-hydrogen) atoms. The fraction of sp³-hybridized carbons (Fsp3) is 0.312. The van der Waals surface area contributed by atoms with Gasteiger partial charge in [0.25, 0.3) is 5.91 Å². The SMILES string of the molecule is CNC(=O)c1cccc(NC(=O)NCCCc2nc(C)cs2)c1. The molecule has 0 saturated heterocycles. The van der Waals surface area contributed by atoms with Crippen LogP contribution in [0.15, 0.2) is 29.6 Å². The van der Waals surface area contributed by atoms with Crippen LogP contribution in [0.3, 0.4) is 0 Å². The van der Waals surface area contributed by atoms with Crippen LogP contribution in [0.5, 0.6) is 0 Å². The number of carbonyl (C=O) groups excluding carboxylic acids is 2. The van der Waals surface area contributed by atoms with Gasteiger partial charge in [-0.3, -0.25) is 4.79 Å². The third-order valence-corrected chi connectivity index (χ3v) is 4.16. The van der Waals surface area contributed by atoms with E-state index >= 15 is 0 Å². The Balaban J connectivity index is 1.75. The van der Waals surface area contributed by atoms with Gasteiger partial charge in [0.2, 0.25) is 0 Å². The zero-order valence-electron chi connectivity index (χ0n) is 13.2. The summed E-state index contributed by atoms with van der Waals surface area (Å²) >= 11 is 1.64. The number of urea groups is 1. The lowest BCUT2D eigenvalue weighted by Crippen LogP contribution is -2.29. The molecule has 3 N–H and O–H groups in total. The molecule has 0 spiro atoms. The van der Waals surface area contributed by atoms with E-state index in [1.165, 1.54) is 0 Å². The Morgan fingerprint density at radius 3 is 2.83 bits per heavy atom. The highest BCUT2D eigenvalue weighted by atomic mass is 32.1. The Bertz CT molecular complexity index is 684. The molecule has 0 bridgehead atoms. The van der Waals surface area contributed by atoms with Crippen LogP contribution in [0.1, 0.15) is 27.5 Å². The third kappa shape index (κ3) is 5.37. The van der Waals surface area contributed by atoms with Crippen LogP contribution in [0.4, 0.5) is 10.5 Å². The molecule has 0 atom stereocenters. The molecule has 1 aromatic carbocycles. The van der Waals surface area contributed by atoms with Gasteiger partial charge < -0.3 is 16.0 Å². The molecule has 7 heteroatoms. The number of anilines is 1. The van der Waals surface area contributed by atoms with Gasteiger partial charge in [-0.1, -0.05) is 6.07 Å². The van der Waals surface area contributed by atoms with Crippen LogP contribution in [-0.4, -0.2) is 30.5 Å². The van der Waals surface area contributed by atoms with Crippen molar-refractivity contribution in [1.82, 2.24) is 15.6 Å². The Labute approximate surface area is 139 Å². The van der Waals surface area contributed by atoms with Crippen molar-refractivity contribution in [3.8, 4) is 0 Å². The average molecular weight is 332 g/mol. The molecule has 2 aromatic rings. The number of aromatic nitrogens is 1. The predicted molar refractivity (Wildman–Crippen MR) is 92.0 cm³/mol. The van der Waals surface area contributed by atoms with Gasteiger partial charge in [-0.25, -0.2) is 9.78 Å². The van der Waals surface area contributed by atoms with Crippen molar-refractivity contribution < 1.29 is 9.59 Å². The molecule has 0 saturated carbocycles. The molecule has 0 fully saturated rings. The Morgan fingerprint density at radius 2 is 2.13 bits per heavy atom. The summed E-state index contributed by atoms with van der Waals surface area (Å²) in [6, 6.07) is 6.51. The highest BCUT2D eigenvalue weighted by molar-refractivity contribution is 7.09. The molecule has 1 aromatic heterocycles. The molecule has 1 heterocycles. The van der Waals surface area contributed by atoms with Crippen molar-refractivity contribution in [1.29, 1.82) is 0 Å². The number of nitrogens with zero attached hydrogens (tertiary/aromatic N) is 1. The van der Waals surface area contributed by atoms with E-state index < -0.39 is 0 Å². The first kappa shape index (κ1) is 17.0. The second-order valence-corrected chi connectivity index (χ2v) is 5.97. The predicted octanol–water partition coefficient (Wildman–Crippen LogP) is 2.57. The zero-order chi connectivity index (χ0) is 16.7. The topological polar surface area (TPSA) is 83.1 Å². The van der Waals surface area contributed by atoms with Gasteiger partial charge in [0.1, 0.15) is 0 Å². The van der Waals surface area contributed by atoms with Crippen LogP contribution in [0, 0.1) is 6.92 Å². The van der Waals surface area contributed by atoms with Crippen LogP contribution < -0.4 is 16.0 Å². The fourth-order valence-electron chi connectivity index (χ4n) is 2.02. The van der Waals surface area contributed by atoms with E-state index in [2.05, 4.69) is 20.9 Å². The van der Waals surface area contributed by atoms with Crippen LogP contribution in [0.25, 0.3) is 0 Å². The van der Waals surface area contributed by atoms with Crippen molar-refractivity contribution in [3.05, 3.63) is 45.9 Å². The minimum atomic E-state index is -0.283. The number of amides is 3. The maximum absolute atomic E-state index is 11.8. The molecule has 6 nitrogen and oxygen atoms in total. The fourth-order valence-corrected chi connectivity index (χ4v) is 2.84. The molecule has 0 radical (unpaired) electrons. The first-order valence-corrected chi connectivity index (χ1v) is 8.24. The smallest absolute Gasteiger partial charge is 0.319 e. The van der Waals surface area contributed by atoms with Gasteiger partial charge in [-0.2, -0.15) is 0 Å². The van der Waals surface area contributed by atoms with E-state index in [1.54, 1.807) is 42.6 Å². The van der Waals surface area contributed by atoms with Gasteiger partial charge in [-0.05, 0) is 31.5 Å². The minimum Gasteiger partial charge on any atom is -0.355 e. The van der Waals surface area contributed by atoms with Gasteiger partial charge in [0.05, 0.1) is 5.01 Å². The number of rotatable bonds is 6. The number of thiazole rings is 1. The van der Waals surface area contributed by atoms with Crippen molar-refractivity contribution >= 4 is 29.0 Å². The quantitative estimate of drug-likeness (QED) is 0.711. The van der Waals surface area contributed by atoms with Crippen LogP contribution in [-0.2, 0) is 6.42 Å². The van der Waals surface area contributed by atoms with Crippen LogP contribution >= 0.6 is 11.3 Å². The van der Waals surface area contributed by atoms with E-state index in [4.69, 9.17) is 0 Å². The summed E-state index contributed by atoms with van der Waals surface area (Å²) in [6.07, 6.45) is 1.68. The van der Waals surface area contributed by atoms with Crippen molar-refractivity contribution in [2.45, 2.75) is 19.8 Å². The van der Waals surface area contributed by atoms with E-state index in [0.29, 0.717) is 17.8 Å². The number of aryl methyl sites for hydroxylation is 2. The molecule has 0 aliphatic rings. The largest absolute Gasteiger partial charge is 0.355 e. The van der Waals surface area contributed by atoms with Gasteiger partial charge >= 0.3 is 6.03 Å². The molecule has 0 unspecified atom stereocenters. The maximum Gasteiger partial charge on any atom is 0.319 e. The first-order chi connectivity index (χ1) is 11.1. The summed E-state index contributed by atoms with van der Waals surface area (Å²) in [5, 5.41) is 11.2. The standard InChI is InChI=1S/C16H20N4O2S/c1-11-10-23-14(19-11)7-4-8-18-16(22)20-13-6-3-5-12(9-13)15(21)17-2/h3,5-6,9-10H,4,7-8H2,1-2H3,(H,17,21)(H2,18,20,22). The monoisotopic (exact) mass is 332 g/mol. The van der Waals surface area contributed by atoms with E-state index in [9.17, 15) is 9.59 Å². The number of benzene rings is 1.